The predicted octanol–water partition coefficient (Wildman–Crippen LogP) is 2.81. The number of carboxylic acids is 1. The maximum atomic E-state index is 12.3. The minimum Gasteiger partial charge on any atom is -0.478 e. The van der Waals surface area contributed by atoms with E-state index in [2.05, 4.69) is 0 Å². The molecule has 2 aliphatic rings. The van der Waals surface area contributed by atoms with Crippen molar-refractivity contribution in [1.82, 2.24) is 0 Å². The summed E-state index contributed by atoms with van der Waals surface area (Å²) in [6.07, 6.45) is 10.4. The van der Waals surface area contributed by atoms with Crippen molar-refractivity contribution in [1.29, 1.82) is 0 Å². The summed E-state index contributed by atoms with van der Waals surface area (Å²) in [6.45, 7) is 0. The lowest BCUT2D eigenvalue weighted by Gasteiger charge is -2.13. The Morgan fingerprint density at radius 3 is 2.19 bits per heavy atom. The van der Waals surface area contributed by atoms with Crippen molar-refractivity contribution in [2.45, 2.75) is 0 Å². The molecule has 128 valence electrons. The molecule has 0 fully saturated rings. The van der Waals surface area contributed by atoms with E-state index in [1.807, 2.05) is 0 Å². The molecule has 3 rings (SSSR count). The van der Waals surface area contributed by atoms with Gasteiger partial charge >= 0.3 is 5.97 Å². The number of hydrogen-bond acceptors (Lipinski definition) is 5. The van der Waals surface area contributed by atoms with Crippen LogP contribution in [0.25, 0.3) is 5.57 Å². The Labute approximate surface area is 147 Å². The fourth-order valence-corrected chi connectivity index (χ4v) is 2.58. The Balaban J connectivity index is 2.14. The van der Waals surface area contributed by atoms with Crippen molar-refractivity contribution < 1.29 is 24.4 Å². The highest BCUT2D eigenvalue weighted by molar-refractivity contribution is 6.28. The summed E-state index contributed by atoms with van der Waals surface area (Å²) < 4.78 is 0. The van der Waals surface area contributed by atoms with E-state index in [1.165, 1.54) is 30.4 Å². The Morgan fingerprint density at radius 1 is 0.923 bits per heavy atom. The number of ketones is 2. The molecular formula is C19H11NO6. The third-order valence-electron chi connectivity index (χ3n) is 3.85. The smallest absolute Gasteiger partial charge is 0.335 e. The summed E-state index contributed by atoms with van der Waals surface area (Å²) in [7, 11) is 0. The first kappa shape index (κ1) is 17.0. The molecule has 0 saturated heterocycles. The van der Waals surface area contributed by atoms with Gasteiger partial charge in [-0.05, 0) is 47.1 Å². The van der Waals surface area contributed by atoms with Gasteiger partial charge in [0.25, 0.3) is 5.69 Å². The van der Waals surface area contributed by atoms with E-state index in [4.69, 9.17) is 5.11 Å². The van der Waals surface area contributed by atoms with Crippen LogP contribution >= 0.6 is 0 Å². The maximum absolute atomic E-state index is 12.3. The first-order valence-electron chi connectivity index (χ1n) is 7.47. The van der Waals surface area contributed by atoms with Crippen LogP contribution in [0.1, 0.15) is 15.9 Å². The lowest BCUT2D eigenvalue weighted by Crippen LogP contribution is -2.07. The summed E-state index contributed by atoms with van der Waals surface area (Å²) in [5.41, 5.74) is 0.900. The molecule has 0 aliphatic heterocycles. The summed E-state index contributed by atoms with van der Waals surface area (Å²) in [5.74, 6) is -1.88. The van der Waals surface area contributed by atoms with E-state index in [0.29, 0.717) is 11.1 Å². The van der Waals surface area contributed by atoms with Gasteiger partial charge in [0, 0.05) is 17.7 Å². The minimum atomic E-state index is -1.33. The van der Waals surface area contributed by atoms with Crippen LogP contribution in [0.5, 0.6) is 0 Å². The number of rotatable bonds is 3. The molecule has 7 heteroatoms. The largest absolute Gasteiger partial charge is 0.478 e. The number of carboxylic acid groups (broad SMARTS) is 1. The fourth-order valence-electron chi connectivity index (χ4n) is 2.58. The predicted molar refractivity (Wildman–Crippen MR) is 92.5 cm³/mol. The van der Waals surface area contributed by atoms with Gasteiger partial charge in [0.15, 0.2) is 11.6 Å². The summed E-state index contributed by atoms with van der Waals surface area (Å²) >= 11 is 0. The quantitative estimate of drug-likeness (QED) is 0.663. The SMILES string of the molecule is O=C1C=CC(=C2C=CC(=O)C(c3cc(C(=O)O)cc([N+](=O)[O-])c3)=C2)C=C1. The molecule has 1 aromatic rings. The van der Waals surface area contributed by atoms with E-state index in [0.717, 1.165) is 12.1 Å². The number of hydrogen-bond donors (Lipinski definition) is 1. The standard InChI is InChI=1S/C19H11NO6/c21-16-4-1-11(2-5-16)12-3-6-18(22)17(10-12)13-7-14(19(23)24)9-15(8-13)20(25)26/h1-10H,(H,23,24). The molecule has 0 amide bonds. The Morgan fingerprint density at radius 2 is 1.58 bits per heavy atom. The van der Waals surface area contributed by atoms with Gasteiger partial charge in [0.1, 0.15) is 0 Å². The van der Waals surface area contributed by atoms with Crippen LogP contribution in [0.4, 0.5) is 5.69 Å². The maximum Gasteiger partial charge on any atom is 0.335 e. The third-order valence-corrected chi connectivity index (χ3v) is 3.85. The second-order valence-corrected chi connectivity index (χ2v) is 5.57. The van der Waals surface area contributed by atoms with Gasteiger partial charge in [-0.15, -0.1) is 0 Å². The summed E-state index contributed by atoms with van der Waals surface area (Å²) in [6, 6.07) is 3.32. The van der Waals surface area contributed by atoms with Crippen LogP contribution in [-0.4, -0.2) is 27.6 Å². The molecule has 0 spiro atoms. The number of non-ortho nitro benzene ring substituents is 1. The van der Waals surface area contributed by atoms with Crippen molar-refractivity contribution >= 4 is 28.8 Å². The molecule has 1 N–H and O–H groups in total. The van der Waals surface area contributed by atoms with Gasteiger partial charge < -0.3 is 5.11 Å². The van der Waals surface area contributed by atoms with Crippen LogP contribution in [0.2, 0.25) is 0 Å². The Bertz CT molecular complexity index is 970. The number of nitrogens with zero attached hydrogens (tertiary/aromatic N) is 1. The normalized spacial score (nSPS) is 16.1. The second kappa shape index (κ2) is 6.56. The molecule has 0 saturated carbocycles. The average Bonchev–Trinajstić information content (AvgIpc) is 2.62. The fraction of sp³-hybridized carbons (Fsp3) is 0. The Hall–Kier alpha value is -3.87. The number of aromatic carboxylic acids is 1. The zero-order valence-electron chi connectivity index (χ0n) is 13.2. The molecule has 0 unspecified atom stereocenters. The van der Waals surface area contributed by atoms with Crippen LogP contribution in [0.3, 0.4) is 0 Å². The zero-order chi connectivity index (χ0) is 18.8. The van der Waals surface area contributed by atoms with Gasteiger partial charge in [-0.1, -0.05) is 18.2 Å². The molecule has 0 radical (unpaired) electrons. The number of carbonyl (C=O) groups excluding carboxylic acids is 2. The van der Waals surface area contributed by atoms with Gasteiger partial charge in [-0.3, -0.25) is 19.7 Å². The van der Waals surface area contributed by atoms with Gasteiger partial charge in [0.2, 0.25) is 0 Å². The van der Waals surface area contributed by atoms with Crippen LogP contribution in [0, 0.1) is 10.1 Å². The van der Waals surface area contributed by atoms with Gasteiger partial charge in [0.05, 0.1) is 10.5 Å². The molecule has 26 heavy (non-hydrogen) atoms. The van der Waals surface area contributed by atoms with E-state index < -0.39 is 22.4 Å². The second-order valence-electron chi connectivity index (χ2n) is 5.57. The molecular weight excluding hydrogens is 338 g/mol. The third kappa shape index (κ3) is 3.32. The topological polar surface area (TPSA) is 115 Å². The van der Waals surface area contributed by atoms with Crippen LogP contribution in [0.15, 0.2) is 71.9 Å². The minimum absolute atomic E-state index is 0.139. The van der Waals surface area contributed by atoms with Crippen molar-refractivity contribution in [3.05, 3.63) is 93.1 Å². The number of benzene rings is 1. The first-order valence-corrected chi connectivity index (χ1v) is 7.47. The van der Waals surface area contributed by atoms with Crippen molar-refractivity contribution in [3.8, 4) is 0 Å². The number of nitro groups is 1. The number of carbonyl (C=O) groups is 3. The van der Waals surface area contributed by atoms with E-state index in [9.17, 15) is 24.5 Å². The molecule has 0 aromatic heterocycles. The van der Waals surface area contributed by atoms with Crippen LogP contribution < -0.4 is 0 Å². The molecule has 2 aliphatic carbocycles. The van der Waals surface area contributed by atoms with E-state index >= 15 is 0 Å². The van der Waals surface area contributed by atoms with E-state index in [-0.39, 0.29) is 22.5 Å². The zero-order valence-corrected chi connectivity index (χ0v) is 13.2. The van der Waals surface area contributed by atoms with Crippen molar-refractivity contribution in [2.24, 2.45) is 0 Å². The number of allylic oxidation sites excluding steroid dienone is 10. The lowest BCUT2D eigenvalue weighted by molar-refractivity contribution is -0.384. The molecule has 0 atom stereocenters. The molecule has 0 bridgehead atoms. The van der Waals surface area contributed by atoms with E-state index in [1.54, 1.807) is 18.2 Å². The summed E-state index contributed by atoms with van der Waals surface area (Å²) in [5, 5.41) is 20.2. The highest BCUT2D eigenvalue weighted by atomic mass is 16.6. The Kier molecular flexibility index (Phi) is 4.28. The molecule has 0 heterocycles. The molecule has 7 nitrogen and oxygen atoms in total. The van der Waals surface area contributed by atoms with Crippen molar-refractivity contribution in [2.75, 3.05) is 0 Å². The highest BCUT2D eigenvalue weighted by Gasteiger charge is 2.20. The average molecular weight is 349 g/mol. The first-order chi connectivity index (χ1) is 12.3. The number of nitro benzene ring substituents is 1. The van der Waals surface area contributed by atoms with Crippen molar-refractivity contribution in [3.63, 3.8) is 0 Å². The summed E-state index contributed by atoms with van der Waals surface area (Å²) in [4.78, 5) is 45.1. The van der Waals surface area contributed by atoms with Gasteiger partial charge in [-0.2, -0.15) is 0 Å². The van der Waals surface area contributed by atoms with Crippen LogP contribution in [-0.2, 0) is 9.59 Å². The van der Waals surface area contributed by atoms with Gasteiger partial charge in [-0.25, -0.2) is 4.79 Å². The lowest BCUT2D eigenvalue weighted by atomic mass is 9.90. The highest BCUT2D eigenvalue weighted by Crippen LogP contribution is 2.29. The monoisotopic (exact) mass is 349 g/mol. The molecule has 1 aromatic carbocycles.